The van der Waals surface area contributed by atoms with Gasteiger partial charge in [-0.15, -0.1) is 0 Å². The Morgan fingerprint density at radius 3 is 1.07 bits per heavy atom. The molecule has 3 heterocycles. The summed E-state index contributed by atoms with van der Waals surface area (Å²) in [6.07, 6.45) is 11.7. The van der Waals surface area contributed by atoms with Crippen LogP contribution in [0, 0.1) is 0 Å². The highest BCUT2D eigenvalue weighted by molar-refractivity contribution is 6.30. The molecule has 0 amide bonds. The topological polar surface area (TPSA) is 45.9 Å². The quantitative estimate of drug-likeness (QED) is 0.152. The van der Waals surface area contributed by atoms with Crippen LogP contribution in [0.25, 0.3) is 110 Å². The molecule has 13 aromatic rings. The van der Waals surface area contributed by atoms with E-state index in [9.17, 15) is 0 Å². The molecule has 2 aliphatic carbocycles. The number of benzene rings is 10. The van der Waals surface area contributed by atoms with Gasteiger partial charge in [-0.25, -0.2) is 0 Å². The van der Waals surface area contributed by atoms with Gasteiger partial charge in [0.05, 0.1) is 22.7 Å². The molecule has 0 N–H and O–H groups in total. The number of anilines is 4. The van der Waals surface area contributed by atoms with Crippen molar-refractivity contribution in [3.8, 4) is 22.3 Å². The fraction of sp³-hybridized carbons (Fsp3) is 0.176. The van der Waals surface area contributed by atoms with Gasteiger partial charge in [-0.3, -0.25) is 0 Å². The summed E-state index contributed by atoms with van der Waals surface area (Å²) < 4.78 is 21.7. The maximum absolute atomic E-state index is 7.40. The van der Waals surface area contributed by atoms with E-state index in [2.05, 4.69) is 204 Å². The molecule has 354 valence electrons. The summed E-state index contributed by atoms with van der Waals surface area (Å²) in [5.74, 6) is 0. The van der Waals surface area contributed by atoms with Crippen molar-refractivity contribution in [3.05, 3.63) is 194 Å². The van der Waals surface area contributed by atoms with E-state index in [1.165, 1.54) is 60.1 Å². The van der Waals surface area contributed by atoms with Crippen molar-refractivity contribution < 1.29 is 13.3 Å². The first-order valence-electron chi connectivity index (χ1n) is 26.6. The fourth-order valence-electron chi connectivity index (χ4n) is 13.3. The largest absolute Gasteiger partial charge is 0.456 e. The van der Waals surface area contributed by atoms with Crippen LogP contribution in [0.2, 0.25) is 0 Å². The summed E-state index contributed by atoms with van der Waals surface area (Å²) in [4.78, 5) is 5.26. The number of furan rings is 3. The molecule has 5 nitrogen and oxygen atoms in total. The van der Waals surface area contributed by atoms with Crippen LogP contribution in [0.4, 0.5) is 22.7 Å². The molecular weight excluding hydrogens is 893 g/mol. The average molecular weight is 947 g/mol. The Morgan fingerprint density at radius 1 is 0.288 bits per heavy atom. The fourth-order valence-corrected chi connectivity index (χ4v) is 13.3. The van der Waals surface area contributed by atoms with Gasteiger partial charge in [0.15, 0.2) is 11.2 Å². The maximum atomic E-state index is 7.40. The lowest BCUT2D eigenvalue weighted by atomic mass is 9.91. The van der Waals surface area contributed by atoms with Gasteiger partial charge in [0, 0.05) is 78.4 Å². The van der Waals surface area contributed by atoms with Crippen molar-refractivity contribution >= 4 is 110 Å². The lowest BCUT2D eigenvalue weighted by molar-refractivity contribution is 0.436. The summed E-state index contributed by atoms with van der Waals surface area (Å²) in [5, 5.41) is 11.7. The minimum absolute atomic E-state index is 0.285. The maximum Gasteiger partial charge on any atom is 0.159 e. The van der Waals surface area contributed by atoms with Crippen molar-refractivity contribution in [3.63, 3.8) is 0 Å². The van der Waals surface area contributed by atoms with Gasteiger partial charge in [-0.2, -0.15) is 0 Å². The molecule has 2 saturated carbocycles. The number of nitrogens with zero attached hydrogens (tertiary/aromatic N) is 2. The van der Waals surface area contributed by atoms with Crippen LogP contribution in [0.3, 0.4) is 0 Å². The van der Waals surface area contributed by atoms with E-state index in [1.807, 2.05) is 0 Å². The molecule has 15 rings (SSSR count). The van der Waals surface area contributed by atoms with E-state index in [0.29, 0.717) is 0 Å². The zero-order valence-corrected chi connectivity index (χ0v) is 40.8. The molecule has 73 heavy (non-hydrogen) atoms. The Kier molecular flexibility index (Phi) is 9.99. The number of rotatable bonds is 8. The van der Waals surface area contributed by atoms with Crippen molar-refractivity contribution in [1.82, 2.24) is 0 Å². The minimum atomic E-state index is 0.285. The van der Waals surface area contributed by atoms with Gasteiger partial charge in [0.2, 0.25) is 0 Å². The molecule has 0 radical (unpaired) electrons. The molecule has 0 atom stereocenters. The molecule has 10 aromatic carbocycles. The SMILES string of the molecule is c1ccc(-c2cccc3c2oc2c(N(c4cc5oc6cc(N(c7cccc8c7oc7c(-c9ccccc9)cccc78)C7CCCCC7)c7ccccc7c6c5c5ccccc45)C4CCCCC4)cccc23)cc1. The first-order valence-corrected chi connectivity index (χ1v) is 26.6. The van der Waals surface area contributed by atoms with Crippen LogP contribution in [-0.4, -0.2) is 12.1 Å². The normalized spacial score (nSPS) is 15.0. The van der Waals surface area contributed by atoms with E-state index in [-0.39, 0.29) is 12.1 Å². The van der Waals surface area contributed by atoms with Crippen molar-refractivity contribution in [2.24, 2.45) is 0 Å². The van der Waals surface area contributed by atoms with Gasteiger partial charge in [0.25, 0.3) is 0 Å². The second-order valence-electron chi connectivity index (χ2n) is 20.7. The second-order valence-corrected chi connectivity index (χ2v) is 20.7. The van der Waals surface area contributed by atoms with Gasteiger partial charge in [-0.1, -0.05) is 208 Å². The first kappa shape index (κ1) is 42.4. The molecule has 0 spiro atoms. The van der Waals surface area contributed by atoms with E-state index < -0.39 is 0 Å². The van der Waals surface area contributed by atoms with E-state index >= 15 is 0 Å². The Bertz CT molecular complexity index is 3970. The smallest absolute Gasteiger partial charge is 0.159 e. The molecule has 5 heteroatoms. The summed E-state index contributed by atoms with van der Waals surface area (Å²) >= 11 is 0. The Balaban J connectivity index is 0.960. The zero-order chi connectivity index (χ0) is 48.0. The van der Waals surface area contributed by atoms with Crippen LogP contribution in [0.15, 0.2) is 207 Å². The molecule has 0 bridgehead atoms. The number of para-hydroxylation sites is 4. The van der Waals surface area contributed by atoms with Gasteiger partial charge >= 0.3 is 0 Å². The molecular formula is C68H54N2O3. The van der Waals surface area contributed by atoms with E-state index in [4.69, 9.17) is 13.3 Å². The predicted octanol–water partition coefficient (Wildman–Crippen LogP) is 20.0. The molecule has 0 saturated heterocycles. The number of hydrogen-bond donors (Lipinski definition) is 0. The monoisotopic (exact) mass is 946 g/mol. The van der Waals surface area contributed by atoms with Gasteiger partial charge < -0.3 is 23.1 Å². The van der Waals surface area contributed by atoms with E-state index in [1.54, 1.807) is 0 Å². The van der Waals surface area contributed by atoms with Crippen LogP contribution in [0.5, 0.6) is 0 Å². The summed E-state index contributed by atoms with van der Waals surface area (Å²) in [5.41, 5.74) is 14.5. The summed E-state index contributed by atoms with van der Waals surface area (Å²) in [6.45, 7) is 0. The molecule has 3 aromatic heterocycles. The third kappa shape index (κ3) is 6.74. The first-order chi connectivity index (χ1) is 36.2. The molecule has 2 aliphatic rings. The van der Waals surface area contributed by atoms with Crippen LogP contribution in [-0.2, 0) is 0 Å². The lowest BCUT2D eigenvalue weighted by Crippen LogP contribution is -2.33. The molecule has 2 fully saturated rings. The van der Waals surface area contributed by atoms with Gasteiger partial charge in [0.1, 0.15) is 22.3 Å². The average Bonchev–Trinajstić information content (AvgIpc) is 4.19. The summed E-state index contributed by atoms with van der Waals surface area (Å²) in [6, 6.07) is 71.2. The summed E-state index contributed by atoms with van der Waals surface area (Å²) in [7, 11) is 0. The predicted molar refractivity (Wildman–Crippen MR) is 305 cm³/mol. The van der Waals surface area contributed by atoms with E-state index in [0.717, 1.165) is 137 Å². The molecule has 0 unspecified atom stereocenters. The van der Waals surface area contributed by atoms with Crippen molar-refractivity contribution in [1.29, 1.82) is 0 Å². The Hall–Kier alpha value is -8.28. The standard InChI is InChI=1S/C68H54N2O3/c1-5-21-43(22-6-1)47-33-17-35-53-55-37-19-39-57(67(55)72-65(47)53)69(45-25-9-3-10-26-45)59-41-61-63(51-31-15-13-29-49(51)59)64-52-32-16-14-30-50(52)60(42-62(64)71-61)70(46-27-11-4-12-28-46)58-40-20-38-56-54-36-18-34-48(66(54)73-68(56)58)44-23-7-2-8-24-44/h1-2,5-8,13-24,29-42,45-46H,3-4,9-12,25-28H2. The zero-order valence-electron chi connectivity index (χ0n) is 40.8. The third-order valence-corrected chi connectivity index (χ3v) is 16.5. The van der Waals surface area contributed by atoms with Crippen LogP contribution >= 0.6 is 0 Å². The number of fused-ring (bicyclic) bond motifs is 13. The Morgan fingerprint density at radius 2 is 0.644 bits per heavy atom. The Labute approximate surface area is 423 Å². The van der Waals surface area contributed by atoms with Crippen molar-refractivity contribution in [2.45, 2.75) is 76.3 Å². The van der Waals surface area contributed by atoms with Crippen LogP contribution in [0.1, 0.15) is 64.2 Å². The van der Waals surface area contributed by atoms with Crippen LogP contribution < -0.4 is 9.80 Å². The number of hydrogen-bond acceptors (Lipinski definition) is 5. The van der Waals surface area contributed by atoms with Gasteiger partial charge in [-0.05, 0) is 59.7 Å². The highest BCUT2D eigenvalue weighted by Gasteiger charge is 2.32. The second kappa shape index (κ2) is 17.2. The molecule has 0 aliphatic heterocycles. The highest BCUT2D eigenvalue weighted by atomic mass is 16.3. The highest BCUT2D eigenvalue weighted by Crippen LogP contribution is 2.51. The minimum Gasteiger partial charge on any atom is -0.456 e. The van der Waals surface area contributed by atoms with Crippen molar-refractivity contribution in [2.75, 3.05) is 9.80 Å². The lowest BCUT2D eigenvalue weighted by Gasteiger charge is -2.37. The third-order valence-electron chi connectivity index (χ3n) is 16.5.